The molecule has 21 heavy (non-hydrogen) atoms. The summed E-state index contributed by atoms with van der Waals surface area (Å²) >= 11 is 0. The molecule has 2 saturated carbocycles. The van der Waals surface area contributed by atoms with Crippen molar-refractivity contribution in [1.29, 1.82) is 0 Å². The zero-order valence-electron chi connectivity index (χ0n) is 12.5. The molecule has 116 valence electrons. The Labute approximate surface area is 127 Å². The second-order valence-electron chi connectivity index (χ2n) is 6.40. The Kier molecular flexibility index (Phi) is 3.97. The van der Waals surface area contributed by atoms with Gasteiger partial charge in [-0.05, 0) is 67.6 Å². The van der Waals surface area contributed by atoms with Crippen molar-refractivity contribution in [2.24, 2.45) is 17.8 Å². The number of nitrogens with two attached hydrogens (primary N) is 1. The minimum atomic E-state index is -3.44. The van der Waals surface area contributed by atoms with Crippen molar-refractivity contribution in [3.05, 3.63) is 23.8 Å². The number of nitrogens with one attached hydrogen (secondary N) is 1. The summed E-state index contributed by atoms with van der Waals surface area (Å²) in [6, 6.07) is 5.04. The highest BCUT2D eigenvalue weighted by Crippen LogP contribution is 2.48. The lowest BCUT2D eigenvalue weighted by atomic mass is 9.99. The van der Waals surface area contributed by atoms with E-state index in [1.807, 2.05) is 13.0 Å². The molecule has 1 aromatic carbocycles. The SMILES string of the molecule is CCc1ccc(S(=O)(=O)NCC(C2CC2)C2CC2)cc1N. The summed E-state index contributed by atoms with van der Waals surface area (Å²) in [5, 5.41) is 0. The van der Waals surface area contributed by atoms with Crippen LogP contribution < -0.4 is 10.5 Å². The van der Waals surface area contributed by atoms with Gasteiger partial charge >= 0.3 is 0 Å². The maximum Gasteiger partial charge on any atom is 0.240 e. The number of anilines is 1. The zero-order valence-corrected chi connectivity index (χ0v) is 13.3. The Hall–Kier alpha value is -1.07. The number of sulfonamides is 1. The van der Waals surface area contributed by atoms with Crippen LogP contribution in [0.25, 0.3) is 0 Å². The van der Waals surface area contributed by atoms with Gasteiger partial charge in [0.1, 0.15) is 0 Å². The van der Waals surface area contributed by atoms with Crippen molar-refractivity contribution in [2.75, 3.05) is 12.3 Å². The van der Waals surface area contributed by atoms with Gasteiger partial charge in [0.15, 0.2) is 0 Å². The van der Waals surface area contributed by atoms with Crippen LogP contribution in [0.1, 0.15) is 38.2 Å². The second kappa shape index (κ2) is 5.61. The van der Waals surface area contributed by atoms with Gasteiger partial charge in [0.05, 0.1) is 4.90 Å². The van der Waals surface area contributed by atoms with E-state index in [0.29, 0.717) is 18.2 Å². The zero-order chi connectivity index (χ0) is 15.0. The number of aryl methyl sites for hydroxylation is 1. The molecule has 0 radical (unpaired) electrons. The molecule has 0 atom stereocenters. The van der Waals surface area contributed by atoms with Gasteiger partial charge in [-0.15, -0.1) is 0 Å². The third-order valence-electron chi connectivity index (χ3n) is 4.77. The minimum Gasteiger partial charge on any atom is -0.398 e. The first-order valence-corrected chi connectivity index (χ1v) is 9.37. The largest absolute Gasteiger partial charge is 0.398 e. The van der Waals surface area contributed by atoms with E-state index in [0.717, 1.165) is 23.8 Å². The van der Waals surface area contributed by atoms with E-state index in [1.165, 1.54) is 25.7 Å². The highest BCUT2D eigenvalue weighted by Gasteiger charge is 2.41. The third kappa shape index (κ3) is 3.40. The molecule has 0 aromatic heterocycles. The van der Waals surface area contributed by atoms with Gasteiger partial charge in [0.2, 0.25) is 10.0 Å². The van der Waals surface area contributed by atoms with E-state index < -0.39 is 10.0 Å². The average molecular weight is 308 g/mol. The highest BCUT2D eigenvalue weighted by molar-refractivity contribution is 7.89. The molecule has 0 saturated heterocycles. The molecular formula is C16H24N2O2S. The standard InChI is InChI=1S/C16H24N2O2S/c1-2-11-7-8-14(9-16(11)17)21(19,20)18-10-15(12-3-4-12)13-5-6-13/h7-9,12-13,15,18H,2-6,10,17H2,1H3. The summed E-state index contributed by atoms with van der Waals surface area (Å²) in [4.78, 5) is 0.280. The topological polar surface area (TPSA) is 72.2 Å². The monoisotopic (exact) mass is 308 g/mol. The molecule has 0 bridgehead atoms. The molecule has 3 N–H and O–H groups in total. The van der Waals surface area contributed by atoms with Gasteiger partial charge in [-0.25, -0.2) is 13.1 Å². The molecular weight excluding hydrogens is 284 g/mol. The van der Waals surface area contributed by atoms with Crippen LogP contribution in [0.15, 0.2) is 23.1 Å². The van der Waals surface area contributed by atoms with Crippen LogP contribution in [0.3, 0.4) is 0 Å². The van der Waals surface area contributed by atoms with Crippen molar-refractivity contribution >= 4 is 15.7 Å². The first kappa shape index (κ1) is 14.9. The Morgan fingerprint density at radius 1 is 1.24 bits per heavy atom. The summed E-state index contributed by atoms with van der Waals surface area (Å²) in [6.07, 6.45) is 5.87. The van der Waals surface area contributed by atoms with Crippen LogP contribution in [0.5, 0.6) is 0 Å². The lowest BCUT2D eigenvalue weighted by molar-refractivity contribution is 0.401. The normalized spacial score (nSPS) is 19.1. The molecule has 0 heterocycles. The molecule has 3 rings (SSSR count). The van der Waals surface area contributed by atoms with Gasteiger partial charge in [0.25, 0.3) is 0 Å². The summed E-state index contributed by atoms with van der Waals surface area (Å²) in [5.74, 6) is 2.02. The van der Waals surface area contributed by atoms with Crippen molar-refractivity contribution in [2.45, 2.75) is 43.9 Å². The molecule has 0 spiro atoms. The molecule has 2 aliphatic rings. The number of benzene rings is 1. The first-order chi connectivity index (χ1) is 10.0. The predicted molar refractivity (Wildman–Crippen MR) is 84.4 cm³/mol. The van der Waals surface area contributed by atoms with E-state index in [1.54, 1.807) is 12.1 Å². The lowest BCUT2D eigenvalue weighted by Crippen LogP contribution is -2.31. The maximum atomic E-state index is 12.4. The van der Waals surface area contributed by atoms with Crippen LogP contribution in [0.4, 0.5) is 5.69 Å². The third-order valence-corrected chi connectivity index (χ3v) is 6.19. The van der Waals surface area contributed by atoms with E-state index in [2.05, 4.69) is 4.72 Å². The van der Waals surface area contributed by atoms with Gasteiger partial charge < -0.3 is 5.73 Å². The molecule has 1 aromatic rings. The van der Waals surface area contributed by atoms with Crippen molar-refractivity contribution in [3.63, 3.8) is 0 Å². The Morgan fingerprint density at radius 3 is 2.33 bits per heavy atom. The maximum absolute atomic E-state index is 12.4. The van der Waals surface area contributed by atoms with E-state index in [9.17, 15) is 8.42 Å². The quantitative estimate of drug-likeness (QED) is 0.760. The molecule has 0 unspecified atom stereocenters. The molecule has 2 aliphatic carbocycles. The number of rotatable bonds is 7. The summed E-state index contributed by atoms with van der Waals surface area (Å²) in [7, 11) is -3.44. The molecule has 5 heteroatoms. The van der Waals surface area contributed by atoms with Crippen molar-refractivity contribution in [3.8, 4) is 0 Å². The summed E-state index contributed by atoms with van der Waals surface area (Å²) in [5.41, 5.74) is 7.45. The van der Waals surface area contributed by atoms with Crippen LogP contribution in [-0.4, -0.2) is 15.0 Å². The second-order valence-corrected chi connectivity index (χ2v) is 8.17. The molecule has 0 amide bonds. The van der Waals surface area contributed by atoms with Crippen LogP contribution in [-0.2, 0) is 16.4 Å². The Balaban J connectivity index is 1.69. The van der Waals surface area contributed by atoms with Gasteiger partial charge in [-0.2, -0.15) is 0 Å². The average Bonchev–Trinajstić information content (AvgIpc) is 3.32. The van der Waals surface area contributed by atoms with Crippen LogP contribution in [0.2, 0.25) is 0 Å². The predicted octanol–water partition coefficient (Wildman–Crippen LogP) is 2.55. The summed E-state index contributed by atoms with van der Waals surface area (Å²) in [6.45, 7) is 2.58. The van der Waals surface area contributed by atoms with E-state index in [-0.39, 0.29) is 4.90 Å². The molecule has 0 aliphatic heterocycles. The number of hydrogen-bond acceptors (Lipinski definition) is 3. The van der Waals surface area contributed by atoms with Gasteiger partial charge in [-0.3, -0.25) is 0 Å². The smallest absolute Gasteiger partial charge is 0.240 e. The van der Waals surface area contributed by atoms with Crippen molar-refractivity contribution in [1.82, 2.24) is 4.72 Å². The van der Waals surface area contributed by atoms with E-state index in [4.69, 9.17) is 5.73 Å². The molecule has 2 fully saturated rings. The fraction of sp³-hybridized carbons (Fsp3) is 0.625. The van der Waals surface area contributed by atoms with Crippen molar-refractivity contribution < 1.29 is 8.42 Å². The number of nitrogen functional groups attached to an aromatic ring is 1. The fourth-order valence-electron chi connectivity index (χ4n) is 3.12. The molecule has 4 nitrogen and oxygen atoms in total. The highest BCUT2D eigenvalue weighted by atomic mass is 32.2. The fourth-order valence-corrected chi connectivity index (χ4v) is 4.23. The summed E-state index contributed by atoms with van der Waals surface area (Å²) < 4.78 is 27.6. The van der Waals surface area contributed by atoms with Gasteiger partial charge in [0, 0.05) is 12.2 Å². The van der Waals surface area contributed by atoms with Crippen LogP contribution >= 0.6 is 0 Å². The minimum absolute atomic E-state index is 0.280. The van der Waals surface area contributed by atoms with Gasteiger partial charge in [-0.1, -0.05) is 13.0 Å². The van der Waals surface area contributed by atoms with Crippen LogP contribution in [0, 0.1) is 17.8 Å². The van der Waals surface area contributed by atoms with E-state index >= 15 is 0 Å². The lowest BCUT2D eigenvalue weighted by Gasteiger charge is -2.16. The first-order valence-electron chi connectivity index (χ1n) is 7.89. The number of hydrogen-bond donors (Lipinski definition) is 2. The Morgan fingerprint density at radius 2 is 1.86 bits per heavy atom. The Bertz CT molecular complexity index is 607.